The lowest BCUT2D eigenvalue weighted by atomic mass is 10.1. The number of benzene rings is 2. The van der Waals surface area contributed by atoms with Crippen LogP contribution in [0.4, 0.5) is 0 Å². The number of carboxylic acid groups (broad SMARTS) is 1. The van der Waals surface area contributed by atoms with Crippen LogP contribution in [0.5, 0.6) is 0 Å². The van der Waals surface area contributed by atoms with Gasteiger partial charge in [0.25, 0.3) is 0 Å². The number of carboxylic acids is 1. The molecular weight excluding hydrogens is 264 g/mol. The average molecular weight is 278 g/mol. The number of rotatable bonds is 3. The lowest BCUT2D eigenvalue weighted by Gasteiger charge is -2.05. The van der Waals surface area contributed by atoms with Gasteiger partial charge in [-0.25, -0.2) is 9.48 Å². The zero-order valence-electron chi connectivity index (χ0n) is 11.5. The molecule has 1 aromatic heterocycles. The normalized spacial score (nSPS) is 10.5. The molecule has 2 aromatic carbocycles. The highest BCUT2D eigenvalue weighted by Gasteiger charge is 2.09. The molecule has 4 heteroatoms. The Kier molecular flexibility index (Phi) is 3.28. The van der Waals surface area contributed by atoms with Crippen molar-refractivity contribution in [3.8, 4) is 16.8 Å². The van der Waals surface area contributed by atoms with Gasteiger partial charge < -0.3 is 5.11 Å². The van der Waals surface area contributed by atoms with Crippen molar-refractivity contribution < 1.29 is 9.90 Å². The van der Waals surface area contributed by atoms with Gasteiger partial charge in [-0.15, -0.1) is 0 Å². The summed E-state index contributed by atoms with van der Waals surface area (Å²) in [6.07, 6.45) is 3.74. The van der Waals surface area contributed by atoms with Crippen LogP contribution in [-0.2, 0) is 0 Å². The second-order valence-corrected chi connectivity index (χ2v) is 4.84. The van der Waals surface area contributed by atoms with Crippen LogP contribution in [0.1, 0.15) is 15.9 Å². The van der Waals surface area contributed by atoms with Gasteiger partial charge >= 0.3 is 5.97 Å². The van der Waals surface area contributed by atoms with E-state index in [9.17, 15) is 4.79 Å². The van der Waals surface area contributed by atoms with Crippen LogP contribution >= 0.6 is 0 Å². The summed E-state index contributed by atoms with van der Waals surface area (Å²) in [7, 11) is 0. The van der Waals surface area contributed by atoms with Gasteiger partial charge in [-0.1, -0.05) is 30.3 Å². The number of nitrogens with zero attached hydrogens (tertiary/aromatic N) is 2. The van der Waals surface area contributed by atoms with Crippen LogP contribution in [0, 0.1) is 6.92 Å². The van der Waals surface area contributed by atoms with Gasteiger partial charge in [0.1, 0.15) is 0 Å². The summed E-state index contributed by atoms with van der Waals surface area (Å²) >= 11 is 0. The highest BCUT2D eigenvalue weighted by molar-refractivity contribution is 5.89. The topological polar surface area (TPSA) is 55.1 Å². The average Bonchev–Trinajstić information content (AvgIpc) is 2.97. The molecule has 0 atom stereocenters. The van der Waals surface area contributed by atoms with Crippen molar-refractivity contribution in [1.29, 1.82) is 0 Å². The van der Waals surface area contributed by atoms with Crippen LogP contribution in [0.25, 0.3) is 16.8 Å². The Bertz CT molecular complexity index is 792. The standard InChI is InChI=1S/C17H14N2O2/c1-12-9-15(7-8-16(12)17(20)21)19-11-14(10-18-19)13-5-3-2-4-6-13/h2-11H,1H3,(H,20,21). The fourth-order valence-electron chi connectivity index (χ4n) is 2.27. The first-order valence-electron chi connectivity index (χ1n) is 6.59. The molecule has 0 fully saturated rings. The van der Waals surface area contributed by atoms with E-state index in [1.165, 1.54) is 0 Å². The monoisotopic (exact) mass is 278 g/mol. The molecule has 0 amide bonds. The minimum atomic E-state index is -0.913. The van der Waals surface area contributed by atoms with Crippen molar-refractivity contribution in [3.05, 3.63) is 72.1 Å². The summed E-state index contributed by atoms with van der Waals surface area (Å²) in [5.74, 6) is -0.913. The quantitative estimate of drug-likeness (QED) is 0.797. The molecule has 21 heavy (non-hydrogen) atoms. The maximum atomic E-state index is 11.0. The van der Waals surface area contributed by atoms with Crippen molar-refractivity contribution in [3.63, 3.8) is 0 Å². The van der Waals surface area contributed by atoms with Crippen LogP contribution in [0.3, 0.4) is 0 Å². The van der Waals surface area contributed by atoms with E-state index in [-0.39, 0.29) is 0 Å². The molecule has 0 aliphatic rings. The Hall–Kier alpha value is -2.88. The molecule has 104 valence electrons. The summed E-state index contributed by atoms with van der Waals surface area (Å²) in [5, 5.41) is 13.4. The number of hydrogen-bond donors (Lipinski definition) is 1. The Labute approximate surface area is 122 Å². The van der Waals surface area contributed by atoms with E-state index in [1.54, 1.807) is 29.9 Å². The number of hydrogen-bond acceptors (Lipinski definition) is 2. The third-order valence-electron chi connectivity index (χ3n) is 3.39. The van der Waals surface area contributed by atoms with Gasteiger partial charge in [-0.05, 0) is 36.2 Å². The first-order chi connectivity index (χ1) is 10.1. The second kappa shape index (κ2) is 5.25. The number of carbonyl (C=O) groups is 1. The van der Waals surface area contributed by atoms with Gasteiger partial charge in [-0.3, -0.25) is 0 Å². The van der Waals surface area contributed by atoms with Crippen molar-refractivity contribution in [2.24, 2.45) is 0 Å². The van der Waals surface area contributed by atoms with E-state index >= 15 is 0 Å². The fourth-order valence-corrected chi connectivity index (χ4v) is 2.27. The fraction of sp³-hybridized carbons (Fsp3) is 0.0588. The first-order valence-corrected chi connectivity index (χ1v) is 6.59. The maximum absolute atomic E-state index is 11.0. The van der Waals surface area contributed by atoms with E-state index in [0.29, 0.717) is 5.56 Å². The van der Waals surface area contributed by atoms with E-state index < -0.39 is 5.97 Å². The Morgan fingerprint density at radius 1 is 1.10 bits per heavy atom. The summed E-state index contributed by atoms with van der Waals surface area (Å²) in [6.45, 7) is 1.79. The predicted octanol–water partition coefficient (Wildman–Crippen LogP) is 3.55. The summed E-state index contributed by atoms with van der Waals surface area (Å²) in [6, 6.07) is 15.2. The Balaban J connectivity index is 1.97. The molecule has 0 unspecified atom stereocenters. The minimum Gasteiger partial charge on any atom is -0.478 e. The van der Waals surface area contributed by atoms with Gasteiger partial charge in [0.05, 0.1) is 17.4 Å². The van der Waals surface area contributed by atoms with Gasteiger partial charge in [0, 0.05) is 11.8 Å². The van der Waals surface area contributed by atoms with Crippen molar-refractivity contribution in [2.45, 2.75) is 6.92 Å². The SMILES string of the molecule is Cc1cc(-n2cc(-c3ccccc3)cn2)ccc1C(=O)O. The number of aromatic carboxylic acids is 1. The largest absolute Gasteiger partial charge is 0.478 e. The lowest BCUT2D eigenvalue weighted by molar-refractivity contribution is 0.0696. The zero-order chi connectivity index (χ0) is 14.8. The van der Waals surface area contributed by atoms with Crippen LogP contribution in [0.2, 0.25) is 0 Å². The predicted molar refractivity (Wildman–Crippen MR) is 80.7 cm³/mol. The molecule has 4 nitrogen and oxygen atoms in total. The van der Waals surface area contributed by atoms with Crippen LogP contribution < -0.4 is 0 Å². The molecule has 3 aromatic rings. The maximum Gasteiger partial charge on any atom is 0.335 e. The molecule has 0 saturated heterocycles. The molecular formula is C17H14N2O2. The van der Waals surface area contributed by atoms with Crippen LogP contribution in [0.15, 0.2) is 60.9 Å². The van der Waals surface area contributed by atoms with E-state index in [1.807, 2.05) is 42.6 Å². The van der Waals surface area contributed by atoms with E-state index in [2.05, 4.69) is 5.10 Å². The molecule has 1 N–H and O–H groups in total. The summed E-state index contributed by atoms with van der Waals surface area (Å²) < 4.78 is 1.75. The highest BCUT2D eigenvalue weighted by atomic mass is 16.4. The van der Waals surface area contributed by atoms with Gasteiger partial charge in [0.15, 0.2) is 0 Å². The van der Waals surface area contributed by atoms with E-state index in [0.717, 1.165) is 22.4 Å². The number of aryl methyl sites for hydroxylation is 1. The molecule has 0 radical (unpaired) electrons. The second-order valence-electron chi connectivity index (χ2n) is 4.84. The number of aromatic nitrogens is 2. The highest BCUT2D eigenvalue weighted by Crippen LogP contribution is 2.20. The van der Waals surface area contributed by atoms with E-state index in [4.69, 9.17) is 5.11 Å². The molecule has 0 bridgehead atoms. The molecule has 1 heterocycles. The van der Waals surface area contributed by atoms with Crippen LogP contribution in [-0.4, -0.2) is 20.9 Å². The van der Waals surface area contributed by atoms with Crippen molar-refractivity contribution in [1.82, 2.24) is 9.78 Å². The summed E-state index contributed by atoms with van der Waals surface area (Å²) in [5.41, 5.74) is 4.00. The third-order valence-corrected chi connectivity index (χ3v) is 3.39. The zero-order valence-corrected chi connectivity index (χ0v) is 11.5. The third kappa shape index (κ3) is 2.56. The van der Waals surface area contributed by atoms with Crippen molar-refractivity contribution >= 4 is 5.97 Å². The van der Waals surface area contributed by atoms with Gasteiger partial charge in [0.2, 0.25) is 0 Å². The first kappa shape index (κ1) is 13.1. The molecule has 0 saturated carbocycles. The lowest BCUT2D eigenvalue weighted by Crippen LogP contribution is -2.02. The molecule has 0 aliphatic heterocycles. The molecule has 0 aliphatic carbocycles. The molecule has 0 spiro atoms. The van der Waals surface area contributed by atoms with Crippen molar-refractivity contribution in [2.75, 3.05) is 0 Å². The summed E-state index contributed by atoms with van der Waals surface area (Å²) in [4.78, 5) is 11.0. The Morgan fingerprint density at radius 3 is 2.52 bits per heavy atom. The minimum absolute atomic E-state index is 0.314. The van der Waals surface area contributed by atoms with Gasteiger partial charge in [-0.2, -0.15) is 5.10 Å². The smallest absolute Gasteiger partial charge is 0.335 e. The Morgan fingerprint density at radius 2 is 1.86 bits per heavy atom. The molecule has 3 rings (SSSR count).